The standard InChI is InChI=1S/C16H19ClN2O/c1-12(19-15-4-3-11-18-16(15)17)5-6-13-7-9-14(20-2)10-8-13/h3-4,7-12,19H,5-6H2,1-2H3. The lowest BCUT2D eigenvalue weighted by molar-refractivity contribution is 0.414. The van der Waals surface area contributed by atoms with Crippen molar-refractivity contribution < 1.29 is 4.74 Å². The summed E-state index contributed by atoms with van der Waals surface area (Å²) in [6, 6.07) is 12.3. The van der Waals surface area contributed by atoms with E-state index in [0.29, 0.717) is 11.2 Å². The summed E-state index contributed by atoms with van der Waals surface area (Å²) in [7, 11) is 1.68. The Balaban J connectivity index is 1.85. The number of halogens is 1. The molecule has 3 nitrogen and oxygen atoms in total. The van der Waals surface area contributed by atoms with Crippen LogP contribution in [0, 0.1) is 0 Å². The Labute approximate surface area is 124 Å². The molecule has 1 N–H and O–H groups in total. The van der Waals surface area contributed by atoms with Crippen molar-refractivity contribution >= 4 is 17.3 Å². The zero-order chi connectivity index (χ0) is 14.4. The lowest BCUT2D eigenvalue weighted by Crippen LogP contribution is -2.16. The molecule has 1 heterocycles. The number of hydrogen-bond acceptors (Lipinski definition) is 3. The van der Waals surface area contributed by atoms with E-state index in [4.69, 9.17) is 16.3 Å². The molecule has 0 amide bonds. The second-order valence-electron chi connectivity index (χ2n) is 4.77. The van der Waals surface area contributed by atoms with Crippen LogP contribution in [0.4, 0.5) is 5.69 Å². The highest BCUT2D eigenvalue weighted by Crippen LogP contribution is 2.20. The van der Waals surface area contributed by atoms with E-state index in [1.807, 2.05) is 24.3 Å². The molecule has 1 unspecified atom stereocenters. The van der Waals surface area contributed by atoms with Gasteiger partial charge in [0.05, 0.1) is 12.8 Å². The van der Waals surface area contributed by atoms with Gasteiger partial charge in [-0.3, -0.25) is 0 Å². The van der Waals surface area contributed by atoms with E-state index < -0.39 is 0 Å². The highest BCUT2D eigenvalue weighted by Gasteiger charge is 2.06. The Kier molecular flexibility index (Phi) is 5.24. The molecule has 0 bridgehead atoms. The van der Waals surface area contributed by atoms with Crippen molar-refractivity contribution in [1.82, 2.24) is 4.98 Å². The Hall–Kier alpha value is -1.74. The SMILES string of the molecule is COc1ccc(CCC(C)Nc2cccnc2Cl)cc1. The van der Waals surface area contributed by atoms with Crippen molar-refractivity contribution in [3.05, 3.63) is 53.3 Å². The molecule has 0 fully saturated rings. The number of benzene rings is 1. The molecular formula is C16H19ClN2O. The number of pyridine rings is 1. The highest BCUT2D eigenvalue weighted by molar-refractivity contribution is 6.31. The Morgan fingerprint density at radius 3 is 2.65 bits per heavy atom. The molecule has 0 saturated heterocycles. The molecule has 0 saturated carbocycles. The van der Waals surface area contributed by atoms with Crippen LogP contribution in [0.5, 0.6) is 5.75 Å². The van der Waals surface area contributed by atoms with E-state index in [2.05, 4.69) is 29.4 Å². The van der Waals surface area contributed by atoms with Crippen LogP contribution in [-0.4, -0.2) is 18.1 Å². The average Bonchev–Trinajstić information content (AvgIpc) is 2.48. The van der Waals surface area contributed by atoms with Gasteiger partial charge in [-0.2, -0.15) is 0 Å². The van der Waals surface area contributed by atoms with E-state index in [1.165, 1.54) is 5.56 Å². The van der Waals surface area contributed by atoms with Crippen LogP contribution < -0.4 is 10.1 Å². The van der Waals surface area contributed by atoms with Crippen LogP contribution in [0.2, 0.25) is 5.15 Å². The van der Waals surface area contributed by atoms with E-state index in [9.17, 15) is 0 Å². The van der Waals surface area contributed by atoms with Crippen molar-refractivity contribution in [1.29, 1.82) is 0 Å². The molecule has 0 aliphatic carbocycles. The van der Waals surface area contributed by atoms with E-state index in [1.54, 1.807) is 13.3 Å². The van der Waals surface area contributed by atoms with Crippen molar-refractivity contribution in [2.24, 2.45) is 0 Å². The fourth-order valence-corrected chi connectivity index (χ4v) is 2.18. The van der Waals surface area contributed by atoms with Gasteiger partial charge in [0.15, 0.2) is 5.15 Å². The maximum absolute atomic E-state index is 6.03. The first kappa shape index (κ1) is 14.7. The highest BCUT2D eigenvalue weighted by atomic mass is 35.5. The number of rotatable bonds is 6. The predicted octanol–water partition coefficient (Wildman–Crippen LogP) is 4.18. The van der Waals surface area contributed by atoms with Crippen molar-refractivity contribution in [2.45, 2.75) is 25.8 Å². The summed E-state index contributed by atoms with van der Waals surface area (Å²) in [4.78, 5) is 4.06. The summed E-state index contributed by atoms with van der Waals surface area (Å²) in [6.45, 7) is 2.15. The second-order valence-corrected chi connectivity index (χ2v) is 5.13. The number of methoxy groups -OCH3 is 1. The Morgan fingerprint density at radius 2 is 2.00 bits per heavy atom. The van der Waals surface area contributed by atoms with Crippen LogP contribution in [-0.2, 0) is 6.42 Å². The number of nitrogens with one attached hydrogen (secondary N) is 1. The van der Waals surface area contributed by atoms with Gasteiger partial charge < -0.3 is 10.1 Å². The van der Waals surface area contributed by atoms with Gasteiger partial charge in [0.25, 0.3) is 0 Å². The van der Waals surface area contributed by atoms with Gasteiger partial charge in [0.2, 0.25) is 0 Å². The topological polar surface area (TPSA) is 34.1 Å². The summed E-state index contributed by atoms with van der Waals surface area (Å²) in [6.07, 6.45) is 3.73. The summed E-state index contributed by atoms with van der Waals surface area (Å²) in [5.74, 6) is 0.891. The van der Waals surface area contributed by atoms with Gasteiger partial charge >= 0.3 is 0 Å². The third-order valence-corrected chi connectivity index (χ3v) is 3.49. The molecule has 0 spiro atoms. The van der Waals surface area contributed by atoms with Crippen LogP contribution in [0.3, 0.4) is 0 Å². The first-order chi connectivity index (χ1) is 9.69. The number of aryl methyl sites for hydroxylation is 1. The fourth-order valence-electron chi connectivity index (χ4n) is 2.01. The van der Waals surface area contributed by atoms with Gasteiger partial charge in [0, 0.05) is 12.2 Å². The molecule has 1 aromatic carbocycles. The summed E-state index contributed by atoms with van der Waals surface area (Å²) in [5.41, 5.74) is 2.19. The molecular weight excluding hydrogens is 272 g/mol. The minimum absolute atomic E-state index is 0.332. The van der Waals surface area contributed by atoms with Crippen molar-refractivity contribution in [3.63, 3.8) is 0 Å². The van der Waals surface area contributed by atoms with Gasteiger partial charge in [-0.15, -0.1) is 0 Å². The molecule has 2 aromatic rings. The van der Waals surface area contributed by atoms with Crippen LogP contribution in [0.15, 0.2) is 42.6 Å². The molecule has 1 aromatic heterocycles. The minimum Gasteiger partial charge on any atom is -0.497 e. The zero-order valence-corrected chi connectivity index (χ0v) is 12.5. The van der Waals surface area contributed by atoms with Gasteiger partial charge in [0.1, 0.15) is 5.75 Å². The number of nitrogens with zero attached hydrogens (tertiary/aromatic N) is 1. The van der Waals surface area contributed by atoms with E-state index in [0.717, 1.165) is 24.3 Å². The monoisotopic (exact) mass is 290 g/mol. The fraction of sp³-hybridized carbons (Fsp3) is 0.312. The van der Waals surface area contributed by atoms with Gasteiger partial charge in [-0.05, 0) is 49.6 Å². The molecule has 1 atom stereocenters. The zero-order valence-electron chi connectivity index (χ0n) is 11.8. The van der Waals surface area contributed by atoms with Gasteiger partial charge in [-0.1, -0.05) is 23.7 Å². The first-order valence-corrected chi connectivity index (χ1v) is 7.07. The third kappa shape index (κ3) is 4.14. The quantitative estimate of drug-likeness (QED) is 0.811. The lowest BCUT2D eigenvalue weighted by atomic mass is 10.1. The normalized spacial score (nSPS) is 11.9. The maximum atomic E-state index is 6.03. The molecule has 2 rings (SSSR count). The summed E-state index contributed by atoms with van der Waals surface area (Å²) < 4.78 is 5.15. The largest absolute Gasteiger partial charge is 0.497 e. The first-order valence-electron chi connectivity index (χ1n) is 6.69. The summed E-state index contributed by atoms with van der Waals surface area (Å²) in [5, 5.41) is 3.90. The molecule has 20 heavy (non-hydrogen) atoms. The van der Waals surface area contributed by atoms with Gasteiger partial charge in [-0.25, -0.2) is 4.98 Å². The average molecular weight is 291 g/mol. The number of hydrogen-bond donors (Lipinski definition) is 1. The number of anilines is 1. The molecule has 0 aliphatic rings. The van der Waals surface area contributed by atoms with Crippen molar-refractivity contribution in [3.8, 4) is 5.75 Å². The number of aromatic nitrogens is 1. The van der Waals surface area contributed by atoms with E-state index in [-0.39, 0.29) is 0 Å². The van der Waals surface area contributed by atoms with Crippen molar-refractivity contribution in [2.75, 3.05) is 12.4 Å². The molecule has 4 heteroatoms. The summed E-state index contributed by atoms with van der Waals surface area (Å²) >= 11 is 6.03. The second kappa shape index (κ2) is 7.15. The molecule has 106 valence electrons. The van der Waals surface area contributed by atoms with Crippen LogP contribution in [0.25, 0.3) is 0 Å². The molecule has 0 radical (unpaired) electrons. The maximum Gasteiger partial charge on any atom is 0.152 e. The van der Waals surface area contributed by atoms with Crippen LogP contribution >= 0.6 is 11.6 Å². The third-order valence-electron chi connectivity index (χ3n) is 3.19. The smallest absolute Gasteiger partial charge is 0.152 e. The predicted molar refractivity (Wildman–Crippen MR) is 83.6 cm³/mol. The molecule has 0 aliphatic heterocycles. The number of ether oxygens (including phenoxy) is 1. The minimum atomic E-state index is 0.332. The Bertz CT molecular complexity index is 542. The Morgan fingerprint density at radius 1 is 1.25 bits per heavy atom. The lowest BCUT2D eigenvalue weighted by Gasteiger charge is -2.15. The van der Waals surface area contributed by atoms with E-state index >= 15 is 0 Å². The van der Waals surface area contributed by atoms with Crippen LogP contribution in [0.1, 0.15) is 18.9 Å².